The van der Waals surface area contributed by atoms with Gasteiger partial charge in [-0.3, -0.25) is 0 Å². The van der Waals surface area contributed by atoms with Gasteiger partial charge in [-0.2, -0.15) is 0 Å². The third-order valence-corrected chi connectivity index (χ3v) is 2.85. The summed E-state index contributed by atoms with van der Waals surface area (Å²) in [5, 5.41) is 0. The first-order chi connectivity index (χ1) is 5.58. The Balaban J connectivity index is 2.59. The smallest absolute Gasteiger partial charge is 0.330 e. The number of hydrogen-bond acceptors (Lipinski definition) is 2. The van der Waals surface area contributed by atoms with Gasteiger partial charge in [0, 0.05) is 6.08 Å². The second kappa shape index (κ2) is 3.30. The summed E-state index contributed by atoms with van der Waals surface area (Å²) in [7, 11) is 0. The molecule has 2 unspecified atom stereocenters. The second-order valence-corrected chi connectivity index (χ2v) is 3.73. The summed E-state index contributed by atoms with van der Waals surface area (Å²) in [6.45, 7) is 7.52. The van der Waals surface area contributed by atoms with Gasteiger partial charge < -0.3 is 4.74 Å². The fourth-order valence-corrected chi connectivity index (χ4v) is 1.73. The maximum Gasteiger partial charge on any atom is 0.330 e. The van der Waals surface area contributed by atoms with E-state index in [1.54, 1.807) is 0 Å². The molecule has 12 heavy (non-hydrogen) atoms. The molecule has 68 valence electrons. The Bertz CT molecular complexity index is 198. The Kier molecular flexibility index (Phi) is 2.55. The van der Waals surface area contributed by atoms with Crippen LogP contribution in [0.1, 0.15) is 33.1 Å². The van der Waals surface area contributed by atoms with Crippen molar-refractivity contribution in [1.29, 1.82) is 0 Å². The minimum absolute atomic E-state index is 0.245. The van der Waals surface area contributed by atoms with Crippen molar-refractivity contribution in [2.24, 2.45) is 5.92 Å². The number of hydrogen-bond donors (Lipinski definition) is 0. The van der Waals surface area contributed by atoms with Gasteiger partial charge in [0.2, 0.25) is 0 Å². The van der Waals surface area contributed by atoms with Crippen molar-refractivity contribution in [2.45, 2.75) is 38.7 Å². The van der Waals surface area contributed by atoms with E-state index in [1.165, 1.54) is 6.08 Å². The molecule has 2 heteroatoms. The van der Waals surface area contributed by atoms with Gasteiger partial charge in [-0.15, -0.1) is 0 Å². The van der Waals surface area contributed by atoms with Gasteiger partial charge in [0.05, 0.1) is 0 Å². The lowest BCUT2D eigenvalue weighted by molar-refractivity contribution is -0.154. The van der Waals surface area contributed by atoms with Gasteiger partial charge in [-0.05, 0) is 32.1 Å². The van der Waals surface area contributed by atoms with Crippen molar-refractivity contribution in [3.05, 3.63) is 12.7 Å². The van der Waals surface area contributed by atoms with Gasteiger partial charge in [0.25, 0.3) is 0 Å². The lowest BCUT2D eigenvalue weighted by atomic mass is 9.95. The summed E-state index contributed by atoms with van der Waals surface area (Å²) in [6.07, 6.45) is 4.52. The van der Waals surface area contributed by atoms with Crippen LogP contribution in [0.3, 0.4) is 0 Å². The molecule has 0 aromatic rings. The van der Waals surface area contributed by atoms with Gasteiger partial charge in [0.15, 0.2) is 0 Å². The van der Waals surface area contributed by atoms with Crippen LogP contribution in [0.25, 0.3) is 0 Å². The molecular formula is C10H16O2. The van der Waals surface area contributed by atoms with Crippen molar-refractivity contribution >= 4 is 5.97 Å². The van der Waals surface area contributed by atoms with Crippen molar-refractivity contribution < 1.29 is 9.53 Å². The molecule has 1 fully saturated rings. The summed E-state index contributed by atoms with van der Waals surface area (Å²) in [5.74, 6) is 0.174. The highest BCUT2D eigenvalue weighted by Gasteiger charge is 2.38. The minimum Gasteiger partial charge on any atom is -0.456 e. The molecule has 0 bridgehead atoms. The summed E-state index contributed by atoms with van der Waals surface area (Å²) in [4.78, 5) is 11.0. The molecule has 0 aromatic heterocycles. The summed E-state index contributed by atoms with van der Waals surface area (Å²) < 4.78 is 5.30. The van der Waals surface area contributed by atoms with E-state index >= 15 is 0 Å². The van der Waals surface area contributed by atoms with Crippen molar-refractivity contribution in [1.82, 2.24) is 0 Å². The Labute approximate surface area is 73.6 Å². The SMILES string of the molecule is C=CC(=O)OC1(C)CCCC1C. The van der Waals surface area contributed by atoms with Crippen LogP contribution < -0.4 is 0 Å². The molecule has 0 aromatic carbocycles. The largest absolute Gasteiger partial charge is 0.456 e. The summed E-state index contributed by atoms with van der Waals surface area (Å²) in [6, 6.07) is 0. The Morgan fingerprint density at radius 3 is 2.83 bits per heavy atom. The molecule has 1 aliphatic carbocycles. The molecule has 0 amide bonds. The zero-order valence-electron chi connectivity index (χ0n) is 7.80. The summed E-state index contributed by atoms with van der Waals surface area (Å²) in [5.41, 5.74) is -0.245. The maximum atomic E-state index is 11.0. The third-order valence-electron chi connectivity index (χ3n) is 2.85. The van der Waals surface area contributed by atoms with Crippen LogP contribution in [-0.4, -0.2) is 11.6 Å². The number of carbonyl (C=O) groups is 1. The monoisotopic (exact) mass is 168 g/mol. The van der Waals surface area contributed by atoms with E-state index in [0.717, 1.165) is 19.3 Å². The standard InChI is InChI=1S/C10H16O2/c1-4-9(11)12-10(3)7-5-6-8(10)2/h4,8H,1,5-7H2,2-3H3. The topological polar surface area (TPSA) is 26.3 Å². The zero-order chi connectivity index (χ0) is 9.19. The van der Waals surface area contributed by atoms with Gasteiger partial charge in [0.1, 0.15) is 5.60 Å². The highest BCUT2D eigenvalue weighted by molar-refractivity contribution is 5.81. The molecule has 1 rings (SSSR count). The number of rotatable bonds is 2. The van der Waals surface area contributed by atoms with E-state index in [1.807, 2.05) is 6.92 Å². The Hall–Kier alpha value is -0.790. The molecule has 1 aliphatic rings. The predicted octanol–water partition coefficient (Wildman–Crippen LogP) is 2.29. The first-order valence-electron chi connectivity index (χ1n) is 4.44. The molecule has 0 radical (unpaired) electrons. The van der Waals surface area contributed by atoms with Crippen LogP contribution in [0.15, 0.2) is 12.7 Å². The number of carbonyl (C=O) groups excluding carboxylic acids is 1. The van der Waals surface area contributed by atoms with Crippen molar-refractivity contribution in [3.8, 4) is 0 Å². The van der Waals surface area contributed by atoms with E-state index in [2.05, 4.69) is 13.5 Å². The minimum atomic E-state index is -0.300. The number of ether oxygens (including phenoxy) is 1. The predicted molar refractivity (Wildman–Crippen MR) is 47.7 cm³/mol. The van der Waals surface area contributed by atoms with Crippen LogP contribution in [0, 0.1) is 5.92 Å². The van der Waals surface area contributed by atoms with E-state index in [4.69, 9.17) is 4.74 Å². The van der Waals surface area contributed by atoms with Crippen LogP contribution in [0.2, 0.25) is 0 Å². The van der Waals surface area contributed by atoms with E-state index in [9.17, 15) is 4.79 Å². The first kappa shape index (κ1) is 9.30. The highest BCUT2D eigenvalue weighted by Crippen LogP contribution is 2.38. The zero-order valence-corrected chi connectivity index (χ0v) is 7.80. The average Bonchev–Trinajstić information content (AvgIpc) is 2.32. The normalized spacial score (nSPS) is 34.7. The first-order valence-corrected chi connectivity index (χ1v) is 4.44. The van der Waals surface area contributed by atoms with Crippen LogP contribution in [0.5, 0.6) is 0 Å². The molecular weight excluding hydrogens is 152 g/mol. The van der Waals surface area contributed by atoms with E-state index in [0.29, 0.717) is 5.92 Å². The molecule has 0 heterocycles. The van der Waals surface area contributed by atoms with Crippen LogP contribution in [-0.2, 0) is 9.53 Å². The molecule has 0 aliphatic heterocycles. The quantitative estimate of drug-likeness (QED) is 0.467. The fraction of sp³-hybridized carbons (Fsp3) is 0.700. The fourth-order valence-electron chi connectivity index (χ4n) is 1.73. The lowest BCUT2D eigenvalue weighted by Gasteiger charge is -2.28. The van der Waals surface area contributed by atoms with Crippen molar-refractivity contribution in [3.63, 3.8) is 0 Å². The third kappa shape index (κ3) is 1.68. The highest BCUT2D eigenvalue weighted by atomic mass is 16.6. The van der Waals surface area contributed by atoms with E-state index in [-0.39, 0.29) is 11.6 Å². The molecule has 0 saturated heterocycles. The van der Waals surface area contributed by atoms with Gasteiger partial charge in [-0.25, -0.2) is 4.79 Å². The Morgan fingerprint density at radius 1 is 1.75 bits per heavy atom. The number of esters is 1. The molecule has 2 nitrogen and oxygen atoms in total. The van der Waals surface area contributed by atoms with E-state index < -0.39 is 0 Å². The van der Waals surface area contributed by atoms with Crippen LogP contribution in [0.4, 0.5) is 0 Å². The summed E-state index contributed by atoms with van der Waals surface area (Å²) >= 11 is 0. The molecule has 0 N–H and O–H groups in total. The second-order valence-electron chi connectivity index (χ2n) is 3.73. The van der Waals surface area contributed by atoms with Crippen LogP contribution >= 0.6 is 0 Å². The molecule has 2 atom stereocenters. The van der Waals surface area contributed by atoms with Crippen molar-refractivity contribution in [2.75, 3.05) is 0 Å². The van der Waals surface area contributed by atoms with Gasteiger partial charge in [-0.1, -0.05) is 13.5 Å². The molecule has 0 spiro atoms. The molecule has 1 saturated carbocycles. The Morgan fingerprint density at radius 2 is 2.42 bits per heavy atom. The average molecular weight is 168 g/mol. The van der Waals surface area contributed by atoms with Gasteiger partial charge >= 0.3 is 5.97 Å². The lowest BCUT2D eigenvalue weighted by Crippen LogP contribution is -2.33. The maximum absolute atomic E-state index is 11.0.